The van der Waals surface area contributed by atoms with Gasteiger partial charge < -0.3 is 9.80 Å². The van der Waals surface area contributed by atoms with Crippen molar-refractivity contribution < 1.29 is 9.18 Å². The smallest absolute Gasteiger partial charge is 0.186 e. The zero-order valence-corrected chi connectivity index (χ0v) is 14.7. The van der Waals surface area contributed by atoms with Crippen molar-refractivity contribution in [1.82, 2.24) is 4.98 Å². The van der Waals surface area contributed by atoms with Gasteiger partial charge in [0.15, 0.2) is 10.9 Å². The van der Waals surface area contributed by atoms with Crippen LogP contribution in [0.2, 0.25) is 0 Å². The number of aromatic nitrogens is 1. The Bertz CT molecular complexity index is 898. The summed E-state index contributed by atoms with van der Waals surface area (Å²) in [4.78, 5) is 20.3. The van der Waals surface area contributed by atoms with Gasteiger partial charge in [-0.3, -0.25) is 4.79 Å². The van der Waals surface area contributed by atoms with E-state index in [4.69, 9.17) is 4.98 Å². The van der Waals surface area contributed by atoms with E-state index in [2.05, 4.69) is 11.0 Å². The van der Waals surface area contributed by atoms with E-state index >= 15 is 0 Å². The monoisotopic (exact) mass is 355 g/mol. The summed E-state index contributed by atoms with van der Waals surface area (Å²) in [6, 6.07) is 12.9. The summed E-state index contributed by atoms with van der Waals surface area (Å²) in [6.45, 7) is 4.51. The highest BCUT2D eigenvalue weighted by Crippen LogP contribution is 2.30. The van der Waals surface area contributed by atoms with Crippen molar-refractivity contribution in [3.05, 3.63) is 53.8 Å². The zero-order chi connectivity index (χ0) is 17.4. The van der Waals surface area contributed by atoms with Gasteiger partial charge in [0.25, 0.3) is 0 Å². The van der Waals surface area contributed by atoms with Gasteiger partial charge in [-0.15, -0.1) is 0 Å². The third kappa shape index (κ3) is 3.09. The van der Waals surface area contributed by atoms with Crippen molar-refractivity contribution in [1.29, 1.82) is 0 Å². The van der Waals surface area contributed by atoms with Crippen LogP contribution in [0, 0.1) is 5.82 Å². The minimum atomic E-state index is -0.332. The van der Waals surface area contributed by atoms with E-state index in [0.717, 1.165) is 36.8 Å². The second kappa shape index (κ2) is 6.44. The predicted molar refractivity (Wildman–Crippen MR) is 100 cm³/mol. The van der Waals surface area contributed by atoms with Crippen molar-refractivity contribution in [3.8, 4) is 0 Å². The first kappa shape index (κ1) is 16.0. The van der Waals surface area contributed by atoms with Gasteiger partial charge in [0.05, 0.1) is 15.9 Å². The van der Waals surface area contributed by atoms with Crippen LogP contribution in [0.25, 0.3) is 10.2 Å². The molecular weight excluding hydrogens is 337 g/mol. The molecule has 1 aromatic heterocycles. The molecule has 0 N–H and O–H groups in total. The lowest BCUT2D eigenvalue weighted by atomic mass is 10.1. The van der Waals surface area contributed by atoms with Crippen LogP contribution in [0.15, 0.2) is 42.5 Å². The van der Waals surface area contributed by atoms with Gasteiger partial charge in [0, 0.05) is 31.7 Å². The summed E-state index contributed by atoms with van der Waals surface area (Å²) in [6.07, 6.45) is 0. The quantitative estimate of drug-likeness (QED) is 0.666. The molecular formula is C19H18FN3OS. The summed E-state index contributed by atoms with van der Waals surface area (Å²) >= 11 is 1.69. The number of nitrogens with zero attached hydrogens (tertiary/aromatic N) is 3. The van der Waals surface area contributed by atoms with Crippen molar-refractivity contribution in [2.45, 2.75) is 6.92 Å². The average molecular weight is 355 g/mol. The first-order valence-electron chi connectivity index (χ1n) is 8.28. The summed E-state index contributed by atoms with van der Waals surface area (Å²) < 4.78 is 15.5. The van der Waals surface area contributed by atoms with Crippen LogP contribution in [0.1, 0.15) is 17.3 Å². The molecule has 3 aromatic rings. The Morgan fingerprint density at radius 3 is 2.48 bits per heavy atom. The maximum Gasteiger partial charge on any atom is 0.186 e. The number of carbonyl (C=O) groups excluding carboxylic acids is 1. The van der Waals surface area contributed by atoms with Crippen molar-refractivity contribution in [2.24, 2.45) is 0 Å². The van der Waals surface area contributed by atoms with E-state index in [1.54, 1.807) is 23.5 Å². The Kier molecular flexibility index (Phi) is 4.13. The molecule has 1 aliphatic rings. The summed E-state index contributed by atoms with van der Waals surface area (Å²) in [7, 11) is 0. The predicted octanol–water partition coefficient (Wildman–Crippen LogP) is 3.96. The number of rotatable bonds is 3. The Hall–Kier alpha value is -2.47. The second-order valence-electron chi connectivity index (χ2n) is 6.16. The molecule has 0 atom stereocenters. The lowest BCUT2D eigenvalue weighted by molar-refractivity contribution is 0.101. The summed E-state index contributed by atoms with van der Waals surface area (Å²) in [5.41, 5.74) is 2.00. The molecule has 0 saturated carbocycles. The van der Waals surface area contributed by atoms with Crippen LogP contribution in [-0.4, -0.2) is 36.9 Å². The van der Waals surface area contributed by atoms with Gasteiger partial charge in [0.2, 0.25) is 0 Å². The molecule has 6 heteroatoms. The summed E-state index contributed by atoms with van der Waals surface area (Å²) in [5.74, 6) is -0.452. The number of para-hydroxylation sites is 1. The zero-order valence-electron chi connectivity index (χ0n) is 13.9. The van der Waals surface area contributed by atoms with E-state index in [9.17, 15) is 9.18 Å². The number of Topliss-reactive ketones (excluding diaryl/α,β-unsaturated/α-hetero) is 1. The first-order chi connectivity index (χ1) is 12.1. The highest BCUT2D eigenvalue weighted by atomic mass is 32.1. The lowest BCUT2D eigenvalue weighted by Gasteiger charge is -2.36. The normalized spacial score (nSPS) is 15.0. The van der Waals surface area contributed by atoms with Crippen LogP contribution in [0.4, 0.5) is 15.2 Å². The van der Waals surface area contributed by atoms with Gasteiger partial charge in [-0.2, -0.15) is 0 Å². The molecule has 25 heavy (non-hydrogen) atoms. The molecule has 0 radical (unpaired) electrons. The molecule has 4 nitrogen and oxygen atoms in total. The number of benzene rings is 2. The number of thiazole rings is 1. The Morgan fingerprint density at radius 2 is 1.80 bits per heavy atom. The van der Waals surface area contributed by atoms with Gasteiger partial charge in [0.1, 0.15) is 5.82 Å². The minimum Gasteiger partial charge on any atom is -0.366 e. The minimum absolute atomic E-state index is 0.119. The average Bonchev–Trinajstić information content (AvgIpc) is 3.06. The molecule has 2 heterocycles. The van der Waals surface area contributed by atoms with Crippen molar-refractivity contribution >= 4 is 38.2 Å². The fourth-order valence-electron chi connectivity index (χ4n) is 3.12. The molecule has 4 rings (SSSR count). The highest BCUT2D eigenvalue weighted by molar-refractivity contribution is 7.22. The molecule has 0 aliphatic carbocycles. The summed E-state index contributed by atoms with van der Waals surface area (Å²) in [5, 5.41) is 1.02. The maximum absolute atomic E-state index is 14.3. The molecule has 0 unspecified atom stereocenters. The molecule has 1 fully saturated rings. The number of fused-ring (bicyclic) bond motifs is 1. The number of piperazine rings is 1. The largest absolute Gasteiger partial charge is 0.366 e. The number of anilines is 2. The number of hydrogen-bond acceptors (Lipinski definition) is 5. The van der Waals surface area contributed by atoms with E-state index < -0.39 is 0 Å². The third-order valence-electron chi connectivity index (χ3n) is 4.53. The number of hydrogen-bond donors (Lipinski definition) is 0. The Morgan fingerprint density at radius 1 is 1.08 bits per heavy atom. The van der Waals surface area contributed by atoms with Gasteiger partial charge >= 0.3 is 0 Å². The molecule has 0 spiro atoms. The maximum atomic E-state index is 14.3. The topological polar surface area (TPSA) is 36.4 Å². The van der Waals surface area contributed by atoms with Gasteiger partial charge in [-0.25, -0.2) is 9.37 Å². The SMILES string of the molecule is CC(=O)c1ccc(N2CCN(c3nc4ccccc4s3)CC2)c(F)c1. The van der Waals surface area contributed by atoms with Crippen molar-refractivity contribution in [2.75, 3.05) is 36.0 Å². The van der Waals surface area contributed by atoms with E-state index in [1.807, 2.05) is 23.1 Å². The molecule has 128 valence electrons. The van der Waals surface area contributed by atoms with E-state index in [-0.39, 0.29) is 11.6 Å². The number of ketones is 1. The standard InChI is InChI=1S/C19H18FN3OS/c1-13(24)14-6-7-17(15(20)12-14)22-8-10-23(11-9-22)19-21-16-4-2-3-5-18(16)25-19/h2-7,12H,8-11H2,1H3. The number of carbonyl (C=O) groups is 1. The number of halogens is 1. The second-order valence-corrected chi connectivity index (χ2v) is 7.17. The Labute approximate surface area is 149 Å². The molecule has 0 bridgehead atoms. The molecule has 0 amide bonds. The van der Waals surface area contributed by atoms with Crippen LogP contribution in [0.3, 0.4) is 0 Å². The fourth-order valence-corrected chi connectivity index (χ4v) is 4.13. The van der Waals surface area contributed by atoms with Crippen LogP contribution < -0.4 is 9.80 Å². The highest BCUT2D eigenvalue weighted by Gasteiger charge is 2.22. The van der Waals surface area contributed by atoms with E-state index in [1.165, 1.54) is 17.7 Å². The molecule has 2 aromatic carbocycles. The van der Waals surface area contributed by atoms with Gasteiger partial charge in [-0.1, -0.05) is 23.5 Å². The van der Waals surface area contributed by atoms with E-state index in [0.29, 0.717) is 11.3 Å². The van der Waals surface area contributed by atoms with Crippen LogP contribution >= 0.6 is 11.3 Å². The van der Waals surface area contributed by atoms with Crippen LogP contribution in [-0.2, 0) is 0 Å². The first-order valence-corrected chi connectivity index (χ1v) is 9.09. The van der Waals surface area contributed by atoms with Crippen LogP contribution in [0.5, 0.6) is 0 Å². The molecule has 1 aliphatic heterocycles. The third-order valence-corrected chi connectivity index (χ3v) is 5.62. The van der Waals surface area contributed by atoms with Gasteiger partial charge in [-0.05, 0) is 37.3 Å². The molecule has 1 saturated heterocycles. The Balaban J connectivity index is 1.48. The lowest BCUT2D eigenvalue weighted by Crippen LogP contribution is -2.46. The van der Waals surface area contributed by atoms with Crippen molar-refractivity contribution in [3.63, 3.8) is 0 Å². The fraction of sp³-hybridized carbons (Fsp3) is 0.263.